The molecule has 0 spiro atoms. The van der Waals surface area contributed by atoms with Crippen LogP contribution in [0.25, 0.3) is 0 Å². The van der Waals surface area contributed by atoms with Crippen LogP contribution in [0, 0.1) is 0 Å². The number of hydrogen-bond donors (Lipinski definition) is 2. The Morgan fingerprint density at radius 3 is 2.36 bits per heavy atom. The molecular weight excluding hydrogens is 438 g/mol. The molecule has 8 nitrogen and oxygen atoms in total. The number of amides is 1. The van der Waals surface area contributed by atoms with E-state index in [0.717, 1.165) is 28.8 Å². The van der Waals surface area contributed by atoms with E-state index in [1.165, 1.54) is 6.20 Å². The van der Waals surface area contributed by atoms with Gasteiger partial charge in [0.1, 0.15) is 11.4 Å². The maximum Gasteiger partial charge on any atom is 0.343 e. The zero-order valence-corrected chi connectivity index (χ0v) is 19.6. The highest BCUT2D eigenvalue weighted by Crippen LogP contribution is 2.25. The second-order valence-corrected chi connectivity index (χ2v) is 8.30. The van der Waals surface area contributed by atoms with Crippen molar-refractivity contribution in [1.82, 2.24) is 9.97 Å². The van der Waals surface area contributed by atoms with Crippen molar-refractivity contribution in [2.45, 2.75) is 32.0 Å². The first-order valence-electron chi connectivity index (χ1n) is 10.6. The zero-order chi connectivity index (χ0) is 23.8. The highest BCUT2D eigenvalue weighted by Gasteiger charge is 2.20. The SMILES string of the molecule is CCOC(=O)c1cnc(SCC(=O)N(c2ccc(Nc3ccccc3)cc2)C(C)C)nc1N. The molecule has 1 heterocycles. The second kappa shape index (κ2) is 11.3. The number of nitrogens with one attached hydrogen (secondary N) is 1. The maximum absolute atomic E-state index is 13.0. The Balaban J connectivity index is 1.65. The van der Waals surface area contributed by atoms with Crippen molar-refractivity contribution in [3.63, 3.8) is 0 Å². The summed E-state index contributed by atoms with van der Waals surface area (Å²) in [4.78, 5) is 34.8. The lowest BCUT2D eigenvalue weighted by Crippen LogP contribution is -2.38. The van der Waals surface area contributed by atoms with E-state index in [0.29, 0.717) is 5.16 Å². The van der Waals surface area contributed by atoms with E-state index in [1.54, 1.807) is 11.8 Å². The van der Waals surface area contributed by atoms with Gasteiger partial charge in [-0.05, 0) is 57.2 Å². The summed E-state index contributed by atoms with van der Waals surface area (Å²) in [6.45, 7) is 5.86. The van der Waals surface area contributed by atoms with Crippen LogP contribution >= 0.6 is 11.8 Å². The van der Waals surface area contributed by atoms with Gasteiger partial charge in [0.2, 0.25) is 5.91 Å². The Bertz CT molecular complexity index is 1090. The molecule has 0 atom stereocenters. The number of hydrogen-bond acceptors (Lipinski definition) is 8. The Kier molecular flexibility index (Phi) is 8.26. The fourth-order valence-electron chi connectivity index (χ4n) is 3.13. The summed E-state index contributed by atoms with van der Waals surface area (Å²) in [6, 6.07) is 17.5. The van der Waals surface area contributed by atoms with Crippen LogP contribution < -0.4 is 16.0 Å². The lowest BCUT2D eigenvalue weighted by atomic mass is 10.2. The minimum atomic E-state index is -0.571. The van der Waals surface area contributed by atoms with E-state index in [9.17, 15) is 9.59 Å². The van der Waals surface area contributed by atoms with Crippen molar-refractivity contribution in [3.05, 3.63) is 66.4 Å². The van der Waals surface area contributed by atoms with Crippen LogP contribution in [0.4, 0.5) is 22.9 Å². The Hall–Kier alpha value is -3.59. The van der Waals surface area contributed by atoms with Crippen LogP contribution in [-0.4, -0.2) is 40.2 Å². The van der Waals surface area contributed by atoms with Crippen LogP contribution in [0.5, 0.6) is 0 Å². The maximum atomic E-state index is 13.0. The van der Waals surface area contributed by atoms with Gasteiger partial charge >= 0.3 is 5.97 Å². The molecule has 2 aromatic carbocycles. The van der Waals surface area contributed by atoms with Gasteiger partial charge in [-0.2, -0.15) is 0 Å². The number of benzene rings is 2. The van der Waals surface area contributed by atoms with Gasteiger partial charge in [0.25, 0.3) is 0 Å². The third kappa shape index (κ3) is 6.45. The third-order valence-electron chi connectivity index (χ3n) is 4.61. The van der Waals surface area contributed by atoms with Crippen molar-refractivity contribution in [3.8, 4) is 0 Å². The Morgan fingerprint density at radius 1 is 1.09 bits per heavy atom. The molecule has 3 aromatic rings. The number of anilines is 4. The van der Waals surface area contributed by atoms with E-state index in [4.69, 9.17) is 10.5 Å². The van der Waals surface area contributed by atoms with Crippen LogP contribution in [-0.2, 0) is 9.53 Å². The van der Waals surface area contributed by atoms with E-state index >= 15 is 0 Å². The number of nitrogen functional groups attached to an aromatic ring is 1. The zero-order valence-electron chi connectivity index (χ0n) is 18.8. The summed E-state index contributed by atoms with van der Waals surface area (Å²) in [5, 5.41) is 3.65. The number of carbonyl (C=O) groups is 2. The van der Waals surface area contributed by atoms with Gasteiger partial charge in [-0.25, -0.2) is 14.8 Å². The molecular formula is C24H27N5O3S. The normalized spacial score (nSPS) is 10.7. The van der Waals surface area contributed by atoms with Gasteiger partial charge in [-0.1, -0.05) is 30.0 Å². The molecule has 0 radical (unpaired) electrons. The van der Waals surface area contributed by atoms with Crippen molar-refractivity contribution < 1.29 is 14.3 Å². The molecule has 3 rings (SSSR count). The lowest BCUT2D eigenvalue weighted by molar-refractivity contribution is -0.116. The molecule has 172 valence electrons. The summed E-state index contributed by atoms with van der Waals surface area (Å²) in [6.07, 6.45) is 1.33. The van der Waals surface area contributed by atoms with Crippen LogP contribution in [0.1, 0.15) is 31.1 Å². The average molecular weight is 466 g/mol. The number of esters is 1. The summed E-state index contributed by atoms with van der Waals surface area (Å²) in [5.41, 5.74) is 8.69. The number of carbonyl (C=O) groups excluding carboxylic acids is 2. The molecule has 1 aromatic heterocycles. The minimum Gasteiger partial charge on any atom is -0.462 e. The van der Waals surface area contributed by atoms with Crippen LogP contribution in [0.3, 0.4) is 0 Å². The summed E-state index contributed by atoms with van der Waals surface area (Å²) in [5.74, 6) is -0.504. The molecule has 0 aliphatic rings. The third-order valence-corrected chi connectivity index (χ3v) is 5.46. The monoisotopic (exact) mass is 465 g/mol. The molecule has 0 saturated heterocycles. The van der Waals surface area contributed by atoms with Crippen LogP contribution in [0.15, 0.2) is 66.0 Å². The van der Waals surface area contributed by atoms with Gasteiger partial charge in [0.15, 0.2) is 5.16 Å². The number of rotatable bonds is 9. The van der Waals surface area contributed by atoms with E-state index < -0.39 is 5.97 Å². The average Bonchev–Trinajstić information content (AvgIpc) is 2.79. The van der Waals surface area contributed by atoms with Crippen LogP contribution in [0.2, 0.25) is 0 Å². The Labute approximate surface area is 197 Å². The molecule has 1 amide bonds. The van der Waals surface area contributed by atoms with E-state index in [-0.39, 0.29) is 35.7 Å². The van der Waals surface area contributed by atoms with Crippen molar-refractivity contribution in [1.29, 1.82) is 0 Å². The minimum absolute atomic E-state index is 0.0284. The van der Waals surface area contributed by atoms with Gasteiger partial charge < -0.3 is 20.7 Å². The number of nitrogens with zero attached hydrogens (tertiary/aromatic N) is 3. The first-order chi connectivity index (χ1) is 15.9. The molecule has 0 fully saturated rings. The topological polar surface area (TPSA) is 110 Å². The molecule has 0 aliphatic heterocycles. The summed E-state index contributed by atoms with van der Waals surface area (Å²) >= 11 is 1.16. The van der Waals surface area contributed by atoms with Gasteiger partial charge in [-0.3, -0.25) is 4.79 Å². The molecule has 9 heteroatoms. The highest BCUT2D eigenvalue weighted by atomic mass is 32.2. The molecule has 33 heavy (non-hydrogen) atoms. The van der Waals surface area contributed by atoms with Gasteiger partial charge in [-0.15, -0.1) is 0 Å². The molecule has 3 N–H and O–H groups in total. The molecule has 0 saturated carbocycles. The standard InChI is InChI=1S/C24H27N5O3S/c1-4-32-23(31)20-14-26-24(28-22(20)25)33-15-21(30)29(16(2)3)19-12-10-18(11-13-19)27-17-8-6-5-7-9-17/h5-14,16,27H,4,15H2,1-3H3,(H2,25,26,28). The highest BCUT2D eigenvalue weighted by molar-refractivity contribution is 7.99. The lowest BCUT2D eigenvalue weighted by Gasteiger charge is -2.27. The first-order valence-corrected chi connectivity index (χ1v) is 11.5. The number of thioether (sulfide) groups is 1. The van der Waals surface area contributed by atoms with E-state index in [1.807, 2.05) is 68.4 Å². The predicted molar refractivity (Wildman–Crippen MR) is 132 cm³/mol. The van der Waals surface area contributed by atoms with E-state index in [2.05, 4.69) is 15.3 Å². The predicted octanol–water partition coefficient (Wildman–Crippen LogP) is 4.51. The first kappa shape index (κ1) is 24.1. The van der Waals surface area contributed by atoms with Crippen molar-refractivity contribution >= 4 is 46.5 Å². The fraction of sp³-hybridized carbons (Fsp3) is 0.250. The molecule has 0 unspecified atom stereocenters. The summed E-state index contributed by atoms with van der Waals surface area (Å²) in [7, 11) is 0. The Morgan fingerprint density at radius 2 is 1.76 bits per heavy atom. The van der Waals surface area contributed by atoms with Gasteiger partial charge in [0.05, 0.1) is 12.4 Å². The second-order valence-electron chi connectivity index (χ2n) is 7.36. The van der Waals surface area contributed by atoms with Gasteiger partial charge in [0, 0.05) is 29.3 Å². The number of para-hydroxylation sites is 1. The van der Waals surface area contributed by atoms with Crippen molar-refractivity contribution in [2.75, 3.05) is 28.3 Å². The largest absolute Gasteiger partial charge is 0.462 e. The smallest absolute Gasteiger partial charge is 0.343 e. The summed E-state index contributed by atoms with van der Waals surface area (Å²) < 4.78 is 4.92. The fourth-order valence-corrected chi connectivity index (χ4v) is 3.81. The molecule has 0 aliphatic carbocycles. The van der Waals surface area contributed by atoms with Crippen molar-refractivity contribution in [2.24, 2.45) is 0 Å². The quantitative estimate of drug-likeness (QED) is 0.270. The number of ether oxygens (including phenoxy) is 1. The number of aromatic nitrogens is 2. The number of nitrogens with two attached hydrogens (primary N) is 1. The molecule has 0 bridgehead atoms.